The molecule has 0 aliphatic carbocycles. The van der Waals surface area contributed by atoms with Gasteiger partial charge >= 0.3 is 0 Å². The van der Waals surface area contributed by atoms with Gasteiger partial charge < -0.3 is 5.11 Å². The quantitative estimate of drug-likeness (QED) is 0.866. The first-order valence-corrected chi connectivity index (χ1v) is 7.68. The van der Waals surface area contributed by atoms with E-state index in [1.165, 1.54) is 6.26 Å². The van der Waals surface area contributed by atoms with Gasteiger partial charge in [-0.25, -0.2) is 8.42 Å². The maximum absolute atomic E-state index is 10.9. The lowest BCUT2D eigenvalue weighted by Gasteiger charge is -2.07. The number of aliphatic hydroxyl groups is 1. The van der Waals surface area contributed by atoms with E-state index in [9.17, 15) is 13.5 Å². The van der Waals surface area contributed by atoms with Gasteiger partial charge in [0, 0.05) is 21.8 Å². The third kappa shape index (κ3) is 4.77. The van der Waals surface area contributed by atoms with Gasteiger partial charge in [0.05, 0.1) is 6.10 Å². The number of sulfone groups is 1. The van der Waals surface area contributed by atoms with Crippen molar-refractivity contribution in [1.82, 2.24) is 0 Å². The number of hydrogen-bond acceptors (Lipinski definition) is 4. The topological polar surface area (TPSA) is 54.4 Å². The summed E-state index contributed by atoms with van der Waals surface area (Å²) < 4.78 is 21.7. The van der Waals surface area contributed by atoms with Gasteiger partial charge in [-0.3, -0.25) is 0 Å². The number of aliphatic hydroxyl groups excluding tert-OH is 1. The molecule has 1 atom stereocenters. The molecule has 0 radical (unpaired) electrons. The zero-order valence-electron chi connectivity index (χ0n) is 8.93. The van der Waals surface area contributed by atoms with Gasteiger partial charge in [-0.15, -0.1) is 11.3 Å². The van der Waals surface area contributed by atoms with Crippen LogP contribution in [0.1, 0.15) is 28.7 Å². The zero-order valence-corrected chi connectivity index (χ0v) is 10.6. The van der Waals surface area contributed by atoms with E-state index >= 15 is 0 Å². The number of hydrogen-bond donors (Lipinski definition) is 1. The van der Waals surface area contributed by atoms with Gasteiger partial charge in [0.2, 0.25) is 0 Å². The molecular formula is C10H16O3S2. The molecule has 0 spiro atoms. The van der Waals surface area contributed by atoms with Crippen LogP contribution in [0.5, 0.6) is 0 Å². The first-order chi connectivity index (χ1) is 6.88. The maximum Gasteiger partial charge on any atom is 0.147 e. The fourth-order valence-corrected chi connectivity index (χ4v) is 2.90. The Kier molecular flexibility index (Phi) is 4.31. The van der Waals surface area contributed by atoms with Crippen LogP contribution in [0.25, 0.3) is 0 Å². The Morgan fingerprint density at radius 3 is 2.60 bits per heavy atom. The lowest BCUT2D eigenvalue weighted by atomic mass is 10.2. The molecule has 1 rings (SSSR count). The Labute approximate surface area is 94.7 Å². The molecule has 0 amide bonds. The second kappa shape index (κ2) is 5.09. The molecule has 0 aromatic carbocycles. The van der Waals surface area contributed by atoms with Crippen molar-refractivity contribution in [3.63, 3.8) is 0 Å². The molecule has 0 aliphatic heterocycles. The lowest BCUT2D eigenvalue weighted by molar-refractivity contribution is 0.170. The Balaban J connectivity index is 2.40. The second-order valence-electron chi connectivity index (χ2n) is 3.74. The first-order valence-electron chi connectivity index (χ1n) is 4.80. The van der Waals surface area contributed by atoms with Gasteiger partial charge in [-0.1, -0.05) is 0 Å². The molecule has 1 heterocycles. The van der Waals surface area contributed by atoms with Crippen LogP contribution in [-0.4, -0.2) is 25.5 Å². The van der Waals surface area contributed by atoms with Crippen molar-refractivity contribution in [3.05, 3.63) is 21.9 Å². The van der Waals surface area contributed by atoms with Crippen LogP contribution in [-0.2, 0) is 9.84 Å². The van der Waals surface area contributed by atoms with Gasteiger partial charge in [0.25, 0.3) is 0 Å². The molecule has 0 aliphatic rings. The molecule has 1 aromatic rings. The fraction of sp³-hybridized carbons (Fsp3) is 0.600. The van der Waals surface area contributed by atoms with Crippen LogP contribution >= 0.6 is 11.3 Å². The minimum atomic E-state index is -2.90. The molecule has 5 heteroatoms. The molecule has 0 saturated heterocycles. The van der Waals surface area contributed by atoms with E-state index in [0.717, 1.165) is 9.75 Å². The fourth-order valence-electron chi connectivity index (χ4n) is 1.31. The normalized spacial score (nSPS) is 14.1. The third-order valence-corrected chi connectivity index (χ3v) is 4.21. The summed E-state index contributed by atoms with van der Waals surface area (Å²) in [6, 6.07) is 3.85. The van der Waals surface area contributed by atoms with Crippen LogP contribution in [0.3, 0.4) is 0 Å². The van der Waals surface area contributed by atoms with Crippen molar-refractivity contribution in [1.29, 1.82) is 0 Å². The van der Waals surface area contributed by atoms with Crippen molar-refractivity contribution < 1.29 is 13.5 Å². The van der Waals surface area contributed by atoms with E-state index in [1.54, 1.807) is 11.3 Å². The van der Waals surface area contributed by atoms with E-state index < -0.39 is 15.9 Å². The molecule has 1 N–H and O–H groups in total. The average Bonchev–Trinajstić information content (AvgIpc) is 2.49. The van der Waals surface area contributed by atoms with Gasteiger partial charge in [-0.05, 0) is 31.9 Å². The van der Waals surface area contributed by atoms with E-state index in [4.69, 9.17) is 0 Å². The monoisotopic (exact) mass is 248 g/mol. The highest BCUT2D eigenvalue weighted by Gasteiger charge is 2.11. The second-order valence-corrected chi connectivity index (χ2v) is 7.32. The predicted molar refractivity (Wildman–Crippen MR) is 63.0 cm³/mol. The molecule has 0 saturated carbocycles. The largest absolute Gasteiger partial charge is 0.388 e. The zero-order chi connectivity index (χ0) is 11.5. The molecule has 15 heavy (non-hydrogen) atoms. The summed E-state index contributed by atoms with van der Waals surface area (Å²) in [6.45, 7) is 1.98. The average molecular weight is 248 g/mol. The third-order valence-electron chi connectivity index (χ3n) is 2.08. The highest BCUT2D eigenvalue weighted by molar-refractivity contribution is 7.90. The highest BCUT2D eigenvalue weighted by Crippen LogP contribution is 2.25. The van der Waals surface area contributed by atoms with Crippen molar-refractivity contribution in [3.8, 4) is 0 Å². The van der Waals surface area contributed by atoms with Crippen LogP contribution in [0.4, 0.5) is 0 Å². The molecule has 1 unspecified atom stereocenters. The molecule has 1 aromatic heterocycles. The van der Waals surface area contributed by atoms with Crippen molar-refractivity contribution >= 4 is 21.2 Å². The molecule has 0 bridgehead atoms. The van der Waals surface area contributed by atoms with Crippen LogP contribution in [0.15, 0.2) is 12.1 Å². The highest BCUT2D eigenvalue weighted by atomic mass is 32.2. The van der Waals surface area contributed by atoms with E-state index in [0.29, 0.717) is 12.8 Å². The van der Waals surface area contributed by atoms with Crippen molar-refractivity contribution in [2.45, 2.75) is 25.9 Å². The SMILES string of the molecule is Cc1ccc(C(O)CCCS(C)(=O)=O)s1. The molecule has 3 nitrogen and oxygen atoms in total. The predicted octanol–water partition coefficient (Wildman–Crippen LogP) is 1.91. The van der Waals surface area contributed by atoms with Crippen LogP contribution < -0.4 is 0 Å². The Morgan fingerprint density at radius 2 is 2.13 bits per heavy atom. The number of rotatable bonds is 5. The summed E-state index contributed by atoms with van der Waals surface area (Å²) >= 11 is 1.55. The Hall–Kier alpha value is -0.390. The molecular weight excluding hydrogens is 232 g/mol. The lowest BCUT2D eigenvalue weighted by Crippen LogP contribution is -2.05. The minimum Gasteiger partial charge on any atom is -0.388 e. The van der Waals surface area contributed by atoms with E-state index in [-0.39, 0.29) is 5.75 Å². The Morgan fingerprint density at radius 1 is 1.47 bits per heavy atom. The number of aryl methyl sites for hydroxylation is 1. The van der Waals surface area contributed by atoms with Gasteiger partial charge in [0.1, 0.15) is 9.84 Å². The summed E-state index contributed by atoms with van der Waals surface area (Å²) in [7, 11) is -2.90. The van der Waals surface area contributed by atoms with E-state index in [2.05, 4.69) is 0 Å². The summed E-state index contributed by atoms with van der Waals surface area (Å²) in [6.07, 6.45) is 1.71. The Bertz CT molecular complexity index is 406. The minimum absolute atomic E-state index is 0.147. The molecule has 0 fully saturated rings. The number of thiophene rings is 1. The van der Waals surface area contributed by atoms with Crippen LogP contribution in [0.2, 0.25) is 0 Å². The van der Waals surface area contributed by atoms with Crippen LogP contribution in [0, 0.1) is 6.92 Å². The van der Waals surface area contributed by atoms with Gasteiger partial charge in [-0.2, -0.15) is 0 Å². The maximum atomic E-state index is 10.9. The molecule has 86 valence electrons. The van der Waals surface area contributed by atoms with E-state index in [1.807, 2.05) is 19.1 Å². The van der Waals surface area contributed by atoms with Crippen molar-refractivity contribution in [2.24, 2.45) is 0 Å². The summed E-state index contributed by atoms with van der Waals surface area (Å²) in [5.41, 5.74) is 0. The first kappa shape index (κ1) is 12.7. The van der Waals surface area contributed by atoms with Crippen molar-refractivity contribution in [2.75, 3.05) is 12.0 Å². The van der Waals surface area contributed by atoms with Gasteiger partial charge in [0.15, 0.2) is 0 Å². The summed E-state index contributed by atoms with van der Waals surface area (Å²) in [5, 5.41) is 9.75. The smallest absolute Gasteiger partial charge is 0.147 e. The summed E-state index contributed by atoms with van der Waals surface area (Å²) in [5.74, 6) is 0.147. The summed E-state index contributed by atoms with van der Waals surface area (Å²) in [4.78, 5) is 2.08. The standard InChI is InChI=1S/C10H16O3S2/c1-8-5-6-10(14-8)9(11)4-3-7-15(2,12)13/h5-6,9,11H,3-4,7H2,1-2H3.